The normalized spacial score (nSPS) is 19.1. The average molecular weight is 239 g/mol. The number of rotatable bonds is 2. The number of quaternary nitrogens is 1. The third kappa shape index (κ3) is 3.80. The highest BCUT2D eigenvalue weighted by atomic mass is 35.5. The van der Waals surface area contributed by atoms with Crippen LogP contribution in [-0.2, 0) is 6.54 Å². The van der Waals surface area contributed by atoms with Crippen LogP contribution in [0.4, 0.5) is 0 Å². The summed E-state index contributed by atoms with van der Waals surface area (Å²) in [5.41, 5.74) is 1.38. The summed E-state index contributed by atoms with van der Waals surface area (Å²) < 4.78 is 0. The molecule has 0 unspecified atom stereocenters. The van der Waals surface area contributed by atoms with Crippen molar-refractivity contribution < 1.29 is 4.90 Å². The van der Waals surface area contributed by atoms with E-state index in [1.54, 1.807) is 4.90 Å². The van der Waals surface area contributed by atoms with Gasteiger partial charge in [0.15, 0.2) is 0 Å². The van der Waals surface area contributed by atoms with Crippen LogP contribution < -0.4 is 4.90 Å². The van der Waals surface area contributed by atoms with Crippen molar-refractivity contribution in [1.82, 2.24) is 0 Å². The van der Waals surface area contributed by atoms with Crippen LogP contribution in [-0.4, -0.2) is 13.1 Å². The summed E-state index contributed by atoms with van der Waals surface area (Å²) >= 11 is 6.01. The highest BCUT2D eigenvalue weighted by Crippen LogP contribution is 2.10. The molecule has 0 radical (unpaired) electrons. The smallest absolute Gasteiger partial charge is 0.103 e. The van der Waals surface area contributed by atoms with Crippen LogP contribution >= 0.6 is 11.6 Å². The molecule has 1 nitrogen and oxygen atoms in total. The summed E-state index contributed by atoms with van der Waals surface area (Å²) in [6.45, 7) is 3.79. The lowest BCUT2D eigenvalue weighted by Crippen LogP contribution is -3.10. The van der Waals surface area contributed by atoms with Gasteiger partial charge in [-0.2, -0.15) is 0 Å². The van der Waals surface area contributed by atoms with E-state index in [0.717, 1.165) is 11.6 Å². The lowest BCUT2D eigenvalue weighted by atomic mass is 10.1. The van der Waals surface area contributed by atoms with E-state index >= 15 is 0 Å². The topological polar surface area (TPSA) is 4.44 Å². The lowest BCUT2D eigenvalue weighted by molar-refractivity contribution is -0.914. The largest absolute Gasteiger partial charge is 0.331 e. The molecule has 1 aromatic rings. The van der Waals surface area contributed by atoms with Gasteiger partial charge in [0.1, 0.15) is 6.54 Å². The quantitative estimate of drug-likeness (QED) is 0.808. The second kappa shape index (κ2) is 6.27. The minimum Gasteiger partial charge on any atom is -0.331 e. The van der Waals surface area contributed by atoms with Gasteiger partial charge in [0.2, 0.25) is 0 Å². The molecule has 1 aromatic carbocycles. The first-order chi connectivity index (χ1) is 7.84. The number of halogens is 1. The zero-order chi connectivity index (χ0) is 11.2. The Kier molecular flexibility index (Phi) is 4.68. The van der Waals surface area contributed by atoms with Gasteiger partial charge in [-0.3, -0.25) is 0 Å². The first-order valence-electron chi connectivity index (χ1n) is 6.42. The van der Waals surface area contributed by atoms with Crippen LogP contribution in [0.15, 0.2) is 24.3 Å². The zero-order valence-electron chi connectivity index (χ0n) is 9.84. The molecule has 1 N–H and O–H groups in total. The molecule has 1 heterocycles. The third-order valence-electron chi connectivity index (χ3n) is 3.40. The Morgan fingerprint density at radius 2 is 1.69 bits per heavy atom. The molecule has 0 atom stereocenters. The Hall–Kier alpha value is -0.530. The Bertz CT molecular complexity index is 316. The Morgan fingerprint density at radius 1 is 1.00 bits per heavy atom. The Morgan fingerprint density at radius 3 is 2.38 bits per heavy atom. The van der Waals surface area contributed by atoms with Gasteiger partial charge in [-0.15, -0.1) is 0 Å². The van der Waals surface area contributed by atoms with Gasteiger partial charge in [-0.1, -0.05) is 30.2 Å². The summed E-state index contributed by atoms with van der Waals surface area (Å²) in [6, 6.07) is 8.31. The summed E-state index contributed by atoms with van der Waals surface area (Å²) in [5.74, 6) is 0. The SMILES string of the molecule is Clc1cccc(C[NH+]2CCCCCCC2)c1. The molecule has 1 aliphatic rings. The molecule has 0 spiro atoms. The van der Waals surface area contributed by atoms with E-state index in [1.807, 2.05) is 6.07 Å². The Balaban J connectivity index is 1.91. The van der Waals surface area contributed by atoms with E-state index in [1.165, 1.54) is 50.8 Å². The van der Waals surface area contributed by atoms with Gasteiger partial charge in [0, 0.05) is 10.6 Å². The van der Waals surface area contributed by atoms with Gasteiger partial charge in [-0.05, 0) is 37.8 Å². The maximum absolute atomic E-state index is 6.01. The van der Waals surface area contributed by atoms with E-state index in [0.29, 0.717) is 0 Å². The number of hydrogen-bond acceptors (Lipinski definition) is 0. The monoisotopic (exact) mass is 238 g/mol. The molecule has 1 aliphatic heterocycles. The zero-order valence-corrected chi connectivity index (χ0v) is 10.6. The summed E-state index contributed by atoms with van der Waals surface area (Å²) in [4.78, 5) is 1.72. The standard InChI is InChI=1S/C14H20ClN/c15-14-8-6-7-13(11-14)12-16-9-4-2-1-3-5-10-16/h6-8,11H,1-5,9-10,12H2/p+1. The fraction of sp³-hybridized carbons (Fsp3) is 0.571. The van der Waals surface area contributed by atoms with Gasteiger partial charge in [0.05, 0.1) is 13.1 Å². The molecule has 2 rings (SSSR count). The first kappa shape index (κ1) is 11.9. The number of likely N-dealkylation sites (tertiary alicyclic amines) is 1. The van der Waals surface area contributed by atoms with Gasteiger partial charge in [-0.25, -0.2) is 0 Å². The van der Waals surface area contributed by atoms with Crippen LogP contribution in [0, 0.1) is 0 Å². The van der Waals surface area contributed by atoms with Crippen LogP contribution in [0.2, 0.25) is 5.02 Å². The minimum absolute atomic E-state index is 0.865. The van der Waals surface area contributed by atoms with Crippen LogP contribution in [0.25, 0.3) is 0 Å². The predicted molar refractivity (Wildman–Crippen MR) is 68.9 cm³/mol. The van der Waals surface area contributed by atoms with Crippen molar-refractivity contribution in [2.45, 2.75) is 38.6 Å². The molecule has 0 aliphatic carbocycles. The Labute approximate surface area is 103 Å². The average Bonchev–Trinajstić information content (AvgIpc) is 2.22. The minimum atomic E-state index is 0.865. The maximum atomic E-state index is 6.01. The van der Waals surface area contributed by atoms with Crippen molar-refractivity contribution in [3.05, 3.63) is 34.9 Å². The third-order valence-corrected chi connectivity index (χ3v) is 3.64. The van der Waals surface area contributed by atoms with Crippen molar-refractivity contribution in [1.29, 1.82) is 0 Å². The molecular weight excluding hydrogens is 218 g/mol. The van der Waals surface area contributed by atoms with E-state index < -0.39 is 0 Å². The van der Waals surface area contributed by atoms with Crippen molar-refractivity contribution in [2.24, 2.45) is 0 Å². The summed E-state index contributed by atoms with van der Waals surface area (Å²) in [6.07, 6.45) is 7.04. The van der Waals surface area contributed by atoms with Gasteiger partial charge < -0.3 is 4.90 Å². The molecule has 16 heavy (non-hydrogen) atoms. The molecule has 0 bridgehead atoms. The second-order valence-corrected chi connectivity index (χ2v) is 5.26. The first-order valence-corrected chi connectivity index (χ1v) is 6.80. The van der Waals surface area contributed by atoms with Crippen molar-refractivity contribution in [3.63, 3.8) is 0 Å². The number of benzene rings is 1. The molecule has 0 saturated carbocycles. The number of hydrogen-bond donors (Lipinski definition) is 1. The van der Waals surface area contributed by atoms with E-state index in [-0.39, 0.29) is 0 Å². The lowest BCUT2D eigenvalue weighted by Gasteiger charge is -2.21. The molecule has 2 heteroatoms. The molecular formula is C14H21ClN+. The van der Waals surface area contributed by atoms with Crippen molar-refractivity contribution in [2.75, 3.05) is 13.1 Å². The molecule has 1 saturated heterocycles. The number of nitrogens with one attached hydrogen (secondary N) is 1. The van der Waals surface area contributed by atoms with Crippen molar-refractivity contribution in [3.8, 4) is 0 Å². The van der Waals surface area contributed by atoms with E-state index in [4.69, 9.17) is 11.6 Å². The van der Waals surface area contributed by atoms with Crippen LogP contribution in [0.5, 0.6) is 0 Å². The summed E-state index contributed by atoms with van der Waals surface area (Å²) in [7, 11) is 0. The second-order valence-electron chi connectivity index (χ2n) is 4.82. The fourth-order valence-electron chi connectivity index (χ4n) is 2.52. The maximum Gasteiger partial charge on any atom is 0.103 e. The highest BCUT2D eigenvalue weighted by Gasteiger charge is 2.11. The molecule has 88 valence electrons. The van der Waals surface area contributed by atoms with E-state index in [2.05, 4.69) is 18.2 Å². The molecule has 1 fully saturated rings. The van der Waals surface area contributed by atoms with Gasteiger partial charge in [0.25, 0.3) is 0 Å². The van der Waals surface area contributed by atoms with E-state index in [9.17, 15) is 0 Å². The van der Waals surface area contributed by atoms with Crippen LogP contribution in [0.1, 0.15) is 37.7 Å². The predicted octanol–water partition coefficient (Wildman–Crippen LogP) is 2.69. The summed E-state index contributed by atoms with van der Waals surface area (Å²) in [5, 5.41) is 0.865. The van der Waals surface area contributed by atoms with Crippen LogP contribution in [0.3, 0.4) is 0 Å². The van der Waals surface area contributed by atoms with Gasteiger partial charge >= 0.3 is 0 Å². The van der Waals surface area contributed by atoms with Crippen molar-refractivity contribution >= 4 is 11.6 Å². The molecule has 0 amide bonds. The molecule has 0 aromatic heterocycles. The highest BCUT2D eigenvalue weighted by molar-refractivity contribution is 6.30. The fourth-order valence-corrected chi connectivity index (χ4v) is 2.73.